The van der Waals surface area contributed by atoms with Crippen LogP contribution in [0.15, 0.2) is 24.3 Å². The first-order valence-corrected chi connectivity index (χ1v) is 13.2. The van der Waals surface area contributed by atoms with Crippen molar-refractivity contribution in [3.05, 3.63) is 46.2 Å². The molecule has 0 radical (unpaired) electrons. The fourth-order valence-corrected chi connectivity index (χ4v) is 5.24. The number of ether oxygens (including phenoxy) is 1. The van der Waals surface area contributed by atoms with Crippen molar-refractivity contribution in [2.24, 2.45) is 0 Å². The molecule has 1 saturated heterocycles. The van der Waals surface area contributed by atoms with Crippen LogP contribution in [-0.2, 0) is 24.4 Å². The van der Waals surface area contributed by atoms with Gasteiger partial charge in [0.2, 0.25) is 0 Å². The summed E-state index contributed by atoms with van der Waals surface area (Å²) in [5, 5.41) is 0.954. The lowest BCUT2D eigenvalue weighted by Gasteiger charge is -2.22. The van der Waals surface area contributed by atoms with E-state index in [1.54, 1.807) is 0 Å². The lowest BCUT2D eigenvalue weighted by Crippen LogP contribution is -2.32. The van der Waals surface area contributed by atoms with Crippen molar-refractivity contribution in [3.63, 3.8) is 0 Å². The largest absolute Gasteiger partial charge is 0.380 e. The highest BCUT2D eigenvalue weighted by molar-refractivity contribution is 6.40. The van der Waals surface area contributed by atoms with Gasteiger partial charge in [0.15, 0.2) is 5.15 Å². The predicted molar refractivity (Wildman–Crippen MR) is 139 cm³/mol. The van der Waals surface area contributed by atoms with Crippen molar-refractivity contribution < 1.29 is 4.74 Å². The Labute approximate surface area is 212 Å². The number of hydrogen-bond acceptors (Lipinski definition) is 5. The number of para-hydroxylation sites is 2. The summed E-state index contributed by atoms with van der Waals surface area (Å²) in [5.74, 6) is 2.02. The van der Waals surface area contributed by atoms with Gasteiger partial charge in [-0.05, 0) is 64.9 Å². The minimum atomic E-state index is 0.401. The van der Waals surface area contributed by atoms with Gasteiger partial charge in [0.25, 0.3) is 0 Å². The number of aryl methyl sites for hydroxylation is 1. The van der Waals surface area contributed by atoms with Crippen molar-refractivity contribution in [1.82, 2.24) is 28.9 Å². The highest BCUT2D eigenvalue weighted by Gasteiger charge is 2.18. The van der Waals surface area contributed by atoms with E-state index in [1.165, 1.54) is 11.9 Å². The summed E-state index contributed by atoms with van der Waals surface area (Å²) in [4.78, 5) is 14.3. The Morgan fingerprint density at radius 1 is 0.912 bits per heavy atom. The molecule has 0 N–H and O–H groups in total. The molecule has 1 aromatic carbocycles. The summed E-state index contributed by atoms with van der Waals surface area (Å²) >= 11 is 12.3. The van der Waals surface area contributed by atoms with Crippen LogP contribution in [0, 0.1) is 6.92 Å². The molecule has 186 valence electrons. The fraction of sp³-hybridized carbons (Fsp3) is 0.600. The van der Waals surface area contributed by atoms with Gasteiger partial charge >= 0.3 is 0 Å². The van der Waals surface area contributed by atoms with Crippen LogP contribution in [-0.4, -0.2) is 74.8 Å². The molecule has 0 bridgehead atoms. The summed E-state index contributed by atoms with van der Waals surface area (Å²) in [5.41, 5.74) is 2.27. The average Bonchev–Trinajstić information content (AvgIpc) is 3.17. The molecule has 4 rings (SSSR count). The molecule has 7 nitrogen and oxygen atoms in total. The molecule has 1 fully saturated rings. The first-order valence-electron chi connectivity index (χ1n) is 12.4. The molecule has 0 aliphatic carbocycles. The van der Waals surface area contributed by atoms with Crippen LogP contribution in [0.3, 0.4) is 0 Å². The third-order valence-electron chi connectivity index (χ3n) is 6.61. The third-order valence-corrected chi connectivity index (χ3v) is 7.35. The van der Waals surface area contributed by atoms with Crippen LogP contribution < -0.4 is 0 Å². The van der Waals surface area contributed by atoms with Crippen LogP contribution in [0.2, 0.25) is 10.3 Å². The fourth-order valence-electron chi connectivity index (χ4n) is 4.77. The number of halogens is 2. The molecule has 0 atom stereocenters. The maximum absolute atomic E-state index is 6.26. The van der Waals surface area contributed by atoms with Crippen LogP contribution in [0.1, 0.15) is 37.8 Å². The predicted octanol–water partition coefficient (Wildman–Crippen LogP) is 4.87. The van der Waals surface area contributed by atoms with E-state index in [-0.39, 0.29) is 0 Å². The number of imidazole rings is 2. The zero-order valence-electron chi connectivity index (χ0n) is 20.3. The van der Waals surface area contributed by atoms with Gasteiger partial charge in [0.05, 0.1) is 24.2 Å². The molecule has 0 amide bonds. The van der Waals surface area contributed by atoms with Crippen molar-refractivity contribution in [1.29, 1.82) is 0 Å². The molecule has 0 unspecified atom stereocenters. The maximum Gasteiger partial charge on any atom is 0.166 e. The number of unbranched alkanes of at least 4 members (excludes halogenated alkanes) is 1. The van der Waals surface area contributed by atoms with Gasteiger partial charge in [-0.3, -0.25) is 4.90 Å². The summed E-state index contributed by atoms with van der Waals surface area (Å²) in [6, 6.07) is 8.42. The van der Waals surface area contributed by atoms with Crippen LogP contribution in [0.5, 0.6) is 0 Å². The van der Waals surface area contributed by atoms with Crippen molar-refractivity contribution in [3.8, 4) is 0 Å². The molecular formula is C25H36Cl2N6O. The van der Waals surface area contributed by atoms with Gasteiger partial charge in [-0.1, -0.05) is 35.3 Å². The topological polar surface area (TPSA) is 51.4 Å². The summed E-state index contributed by atoms with van der Waals surface area (Å²) < 4.78 is 9.98. The Hall–Kier alpha value is -1.64. The Morgan fingerprint density at radius 2 is 1.68 bits per heavy atom. The maximum atomic E-state index is 6.26. The van der Waals surface area contributed by atoms with Gasteiger partial charge in [0.1, 0.15) is 16.8 Å². The van der Waals surface area contributed by atoms with Gasteiger partial charge < -0.3 is 18.8 Å². The smallest absolute Gasteiger partial charge is 0.166 e. The van der Waals surface area contributed by atoms with Crippen molar-refractivity contribution >= 4 is 34.2 Å². The molecular weight excluding hydrogens is 471 g/mol. The molecule has 3 aromatic rings. The first kappa shape index (κ1) is 25.5. The van der Waals surface area contributed by atoms with Crippen LogP contribution in [0.25, 0.3) is 11.0 Å². The standard InChI is InChI=1S/C25H36Cl2N6O/c1-3-34-18-17-33-22-10-5-4-9-21(22)29-23(33)19-31-13-8-12-30(15-16-31)11-6-7-14-32-20(2)28-24(26)25(32)27/h4-5,9-10H,3,6-8,11-19H2,1-2H3. The highest BCUT2D eigenvalue weighted by atomic mass is 35.5. The summed E-state index contributed by atoms with van der Waals surface area (Å²) in [6.07, 6.45) is 3.39. The van der Waals surface area contributed by atoms with E-state index in [2.05, 4.69) is 43.6 Å². The van der Waals surface area contributed by atoms with Gasteiger partial charge in [-0.25, -0.2) is 9.97 Å². The van der Waals surface area contributed by atoms with E-state index < -0.39 is 0 Å². The number of aromatic nitrogens is 4. The number of hydrogen-bond donors (Lipinski definition) is 0. The van der Waals surface area contributed by atoms with E-state index in [9.17, 15) is 0 Å². The zero-order valence-corrected chi connectivity index (χ0v) is 21.9. The van der Waals surface area contributed by atoms with E-state index in [1.807, 2.05) is 18.4 Å². The van der Waals surface area contributed by atoms with E-state index in [4.69, 9.17) is 32.9 Å². The van der Waals surface area contributed by atoms with Crippen LogP contribution in [0.4, 0.5) is 0 Å². The number of fused-ring (bicyclic) bond motifs is 1. The second-order valence-corrected chi connectivity index (χ2v) is 9.65. The Balaban J connectivity index is 1.28. The molecule has 0 saturated carbocycles. The second kappa shape index (κ2) is 12.4. The Kier molecular flexibility index (Phi) is 9.25. The first-order chi connectivity index (χ1) is 16.6. The van der Waals surface area contributed by atoms with Crippen LogP contribution >= 0.6 is 23.2 Å². The average molecular weight is 508 g/mol. The number of rotatable bonds is 11. The quantitative estimate of drug-likeness (QED) is 0.347. The monoisotopic (exact) mass is 506 g/mol. The zero-order chi connectivity index (χ0) is 23.9. The Bertz CT molecular complexity index is 1070. The molecule has 34 heavy (non-hydrogen) atoms. The molecule has 9 heteroatoms. The van der Waals surface area contributed by atoms with Crippen molar-refractivity contribution in [2.75, 3.05) is 45.9 Å². The highest BCUT2D eigenvalue weighted by Crippen LogP contribution is 2.23. The second-order valence-electron chi connectivity index (χ2n) is 8.94. The van der Waals surface area contributed by atoms with Gasteiger partial charge in [-0.15, -0.1) is 0 Å². The van der Waals surface area contributed by atoms with E-state index in [0.717, 1.165) is 89.0 Å². The molecule has 1 aliphatic heterocycles. The van der Waals surface area contributed by atoms with Gasteiger partial charge in [-0.2, -0.15) is 0 Å². The summed E-state index contributed by atoms with van der Waals surface area (Å²) in [6.45, 7) is 13.6. The molecule has 3 heterocycles. The Morgan fingerprint density at radius 3 is 2.47 bits per heavy atom. The van der Waals surface area contributed by atoms with E-state index in [0.29, 0.717) is 16.9 Å². The molecule has 2 aromatic heterocycles. The SMILES string of the molecule is CCOCCn1c(CN2CCCN(CCCCn3c(C)nc(Cl)c3Cl)CC2)nc2ccccc21. The van der Waals surface area contributed by atoms with Gasteiger partial charge in [0, 0.05) is 32.8 Å². The van der Waals surface area contributed by atoms with E-state index >= 15 is 0 Å². The number of nitrogens with zero attached hydrogens (tertiary/aromatic N) is 6. The summed E-state index contributed by atoms with van der Waals surface area (Å²) in [7, 11) is 0. The normalized spacial score (nSPS) is 15.9. The third kappa shape index (κ3) is 6.32. The van der Waals surface area contributed by atoms with Crippen molar-refractivity contribution in [2.45, 2.75) is 52.7 Å². The minimum absolute atomic E-state index is 0.401. The minimum Gasteiger partial charge on any atom is -0.380 e. The number of benzene rings is 1. The lowest BCUT2D eigenvalue weighted by atomic mass is 10.2. The lowest BCUT2D eigenvalue weighted by molar-refractivity contribution is 0.138. The molecule has 1 aliphatic rings. The molecule has 0 spiro atoms.